The monoisotopic (exact) mass is 392 g/mol. The first-order valence-electron chi connectivity index (χ1n) is 7.25. The van der Waals surface area contributed by atoms with Gasteiger partial charge >= 0.3 is 11.9 Å². The van der Waals surface area contributed by atoms with Crippen molar-refractivity contribution in [3.63, 3.8) is 0 Å². The minimum absolute atomic E-state index is 0.189. The number of carbonyl (C=O) groups excluding carboxylic acids is 2. The van der Waals surface area contributed by atoms with Gasteiger partial charge in [-0.1, -0.05) is 22.0 Å². The fraction of sp³-hybridized carbons (Fsp3) is 0.222. The molecule has 126 valence electrons. The van der Waals surface area contributed by atoms with Gasteiger partial charge in [-0.15, -0.1) is 0 Å². The van der Waals surface area contributed by atoms with E-state index in [1.807, 2.05) is 13.0 Å². The number of ether oxygens (including phenoxy) is 3. The Morgan fingerprint density at radius 2 is 1.62 bits per heavy atom. The molecule has 0 aromatic heterocycles. The van der Waals surface area contributed by atoms with Crippen LogP contribution in [0.25, 0.3) is 0 Å². The quantitative estimate of drug-likeness (QED) is 0.425. The molecule has 0 unspecified atom stereocenters. The second kappa shape index (κ2) is 8.61. The molecule has 5 nitrogen and oxygen atoms in total. The van der Waals surface area contributed by atoms with Crippen molar-refractivity contribution in [2.24, 2.45) is 0 Å². The van der Waals surface area contributed by atoms with Gasteiger partial charge in [-0.05, 0) is 48.9 Å². The summed E-state index contributed by atoms with van der Waals surface area (Å²) in [6, 6.07) is 11.4. The molecule has 0 spiro atoms. The van der Waals surface area contributed by atoms with E-state index in [1.54, 1.807) is 36.4 Å². The second-order valence-electron chi connectivity index (χ2n) is 5.01. The van der Waals surface area contributed by atoms with E-state index < -0.39 is 11.9 Å². The number of aryl methyl sites for hydroxylation is 1. The predicted molar refractivity (Wildman–Crippen MR) is 92.4 cm³/mol. The average Bonchev–Trinajstić information content (AvgIpc) is 2.58. The zero-order valence-corrected chi connectivity index (χ0v) is 15.0. The Labute approximate surface area is 148 Å². The van der Waals surface area contributed by atoms with Crippen LogP contribution in [0.1, 0.15) is 26.3 Å². The van der Waals surface area contributed by atoms with Crippen LogP contribution in [0.4, 0.5) is 0 Å². The number of rotatable bonds is 6. The number of esters is 2. The van der Waals surface area contributed by atoms with Crippen molar-refractivity contribution in [3.05, 3.63) is 63.6 Å². The molecule has 0 aliphatic carbocycles. The van der Waals surface area contributed by atoms with Gasteiger partial charge in [0.2, 0.25) is 0 Å². The molecule has 0 atom stereocenters. The molecule has 6 heteroatoms. The minimum Gasteiger partial charge on any atom is -0.460 e. The Balaban J connectivity index is 1.99. The normalized spacial score (nSPS) is 10.3. The predicted octanol–water partition coefficient (Wildman–Crippen LogP) is 3.78. The molecule has 0 aliphatic rings. The topological polar surface area (TPSA) is 61.8 Å². The standard InChI is InChI=1S/C18H17BrO5/c1-12-3-4-14(11-16(12)19)18(21)24-15-7-5-13(6-8-15)17(20)23-10-9-22-2/h3-8,11H,9-10H2,1-2H3. The van der Waals surface area contributed by atoms with E-state index >= 15 is 0 Å². The van der Waals surface area contributed by atoms with E-state index in [-0.39, 0.29) is 6.61 Å². The summed E-state index contributed by atoms with van der Waals surface area (Å²) >= 11 is 3.38. The summed E-state index contributed by atoms with van der Waals surface area (Å²) in [5, 5.41) is 0. The molecule has 2 rings (SSSR count). The third-order valence-electron chi connectivity index (χ3n) is 3.23. The third-order valence-corrected chi connectivity index (χ3v) is 4.08. The van der Waals surface area contributed by atoms with Crippen LogP contribution in [0, 0.1) is 6.92 Å². The van der Waals surface area contributed by atoms with E-state index in [0.717, 1.165) is 10.0 Å². The van der Waals surface area contributed by atoms with Crippen LogP contribution in [0.15, 0.2) is 46.9 Å². The van der Waals surface area contributed by atoms with Gasteiger partial charge in [0.25, 0.3) is 0 Å². The summed E-state index contributed by atoms with van der Waals surface area (Å²) in [6.45, 7) is 2.46. The van der Waals surface area contributed by atoms with Crippen molar-refractivity contribution < 1.29 is 23.8 Å². The van der Waals surface area contributed by atoms with Crippen LogP contribution in [0.5, 0.6) is 5.75 Å². The molecule has 0 bridgehead atoms. The number of methoxy groups -OCH3 is 1. The molecule has 0 saturated heterocycles. The molecule has 0 N–H and O–H groups in total. The number of carbonyl (C=O) groups is 2. The van der Waals surface area contributed by atoms with Crippen molar-refractivity contribution in [2.45, 2.75) is 6.92 Å². The summed E-state index contributed by atoms with van der Waals surface area (Å²) in [5.74, 6) is -0.566. The fourth-order valence-corrected chi connectivity index (χ4v) is 2.22. The van der Waals surface area contributed by atoms with Crippen molar-refractivity contribution >= 4 is 27.9 Å². The molecule has 2 aromatic carbocycles. The van der Waals surface area contributed by atoms with Gasteiger partial charge in [-0.2, -0.15) is 0 Å². The van der Waals surface area contributed by atoms with Crippen molar-refractivity contribution in [1.82, 2.24) is 0 Å². The molecule has 0 fully saturated rings. The first kappa shape index (κ1) is 18.2. The maximum atomic E-state index is 12.1. The van der Waals surface area contributed by atoms with Gasteiger partial charge in [-0.25, -0.2) is 9.59 Å². The van der Waals surface area contributed by atoms with Gasteiger partial charge in [0.05, 0.1) is 17.7 Å². The summed E-state index contributed by atoms with van der Waals surface area (Å²) < 4.78 is 16.0. The summed E-state index contributed by atoms with van der Waals surface area (Å²) in [7, 11) is 1.53. The highest BCUT2D eigenvalue weighted by atomic mass is 79.9. The van der Waals surface area contributed by atoms with E-state index in [9.17, 15) is 9.59 Å². The van der Waals surface area contributed by atoms with Crippen LogP contribution < -0.4 is 4.74 Å². The fourth-order valence-electron chi connectivity index (χ4n) is 1.85. The Morgan fingerprint density at radius 3 is 2.25 bits per heavy atom. The van der Waals surface area contributed by atoms with Crippen LogP contribution in [0.3, 0.4) is 0 Å². The number of hydrogen-bond acceptors (Lipinski definition) is 5. The van der Waals surface area contributed by atoms with Crippen molar-refractivity contribution in [2.75, 3.05) is 20.3 Å². The van der Waals surface area contributed by atoms with Gasteiger partial charge in [0.15, 0.2) is 0 Å². The first-order valence-corrected chi connectivity index (χ1v) is 8.05. The Kier molecular flexibility index (Phi) is 6.52. The molecular formula is C18H17BrO5. The van der Waals surface area contributed by atoms with Gasteiger partial charge in [-0.3, -0.25) is 0 Å². The second-order valence-corrected chi connectivity index (χ2v) is 5.86. The highest BCUT2D eigenvalue weighted by molar-refractivity contribution is 9.10. The Morgan fingerprint density at radius 1 is 0.958 bits per heavy atom. The number of halogens is 1. The SMILES string of the molecule is COCCOC(=O)c1ccc(OC(=O)c2ccc(C)c(Br)c2)cc1. The average molecular weight is 393 g/mol. The maximum Gasteiger partial charge on any atom is 0.343 e. The summed E-state index contributed by atoms with van der Waals surface area (Å²) in [4.78, 5) is 23.9. The maximum absolute atomic E-state index is 12.1. The van der Waals surface area contributed by atoms with Gasteiger partial charge < -0.3 is 14.2 Å². The van der Waals surface area contributed by atoms with E-state index in [0.29, 0.717) is 23.5 Å². The van der Waals surface area contributed by atoms with Crippen molar-refractivity contribution in [3.8, 4) is 5.75 Å². The van der Waals surface area contributed by atoms with Crippen LogP contribution in [0.2, 0.25) is 0 Å². The summed E-state index contributed by atoms with van der Waals surface area (Å²) in [5.41, 5.74) is 1.85. The summed E-state index contributed by atoms with van der Waals surface area (Å²) in [6.07, 6.45) is 0. The molecule has 24 heavy (non-hydrogen) atoms. The minimum atomic E-state index is -0.467. The van der Waals surface area contributed by atoms with Gasteiger partial charge in [0, 0.05) is 11.6 Å². The molecule has 0 radical (unpaired) electrons. The van der Waals surface area contributed by atoms with E-state index in [2.05, 4.69) is 15.9 Å². The Hall–Kier alpha value is -2.18. The molecule has 0 heterocycles. The lowest BCUT2D eigenvalue weighted by molar-refractivity contribution is 0.0388. The highest BCUT2D eigenvalue weighted by Crippen LogP contribution is 2.20. The van der Waals surface area contributed by atoms with E-state index in [4.69, 9.17) is 14.2 Å². The third kappa shape index (κ3) is 4.91. The van der Waals surface area contributed by atoms with Gasteiger partial charge in [0.1, 0.15) is 12.4 Å². The zero-order chi connectivity index (χ0) is 17.5. The molecular weight excluding hydrogens is 376 g/mol. The van der Waals surface area contributed by atoms with Crippen LogP contribution in [-0.4, -0.2) is 32.3 Å². The smallest absolute Gasteiger partial charge is 0.343 e. The molecule has 0 saturated carbocycles. The van der Waals surface area contributed by atoms with E-state index in [1.165, 1.54) is 7.11 Å². The lowest BCUT2D eigenvalue weighted by Crippen LogP contribution is -2.11. The zero-order valence-electron chi connectivity index (χ0n) is 13.4. The first-order chi connectivity index (χ1) is 11.5. The molecule has 0 amide bonds. The lowest BCUT2D eigenvalue weighted by atomic mass is 10.1. The van der Waals surface area contributed by atoms with Crippen LogP contribution in [-0.2, 0) is 9.47 Å². The van der Waals surface area contributed by atoms with Crippen molar-refractivity contribution in [1.29, 1.82) is 0 Å². The molecule has 0 aliphatic heterocycles. The lowest BCUT2D eigenvalue weighted by Gasteiger charge is -2.07. The highest BCUT2D eigenvalue weighted by Gasteiger charge is 2.11. The number of hydrogen-bond donors (Lipinski definition) is 0. The number of benzene rings is 2. The molecule has 2 aromatic rings. The van der Waals surface area contributed by atoms with Crippen LogP contribution >= 0.6 is 15.9 Å². The Bertz CT molecular complexity index is 725. The largest absolute Gasteiger partial charge is 0.460 e.